The molecule has 0 bridgehead atoms. The van der Waals surface area contributed by atoms with Crippen LogP contribution < -0.4 is 0 Å². The second kappa shape index (κ2) is 14.6. The van der Waals surface area contributed by atoms with Crippen LogP contribution >= 0.6 is 0 Å². The Hall–Kier alpha value is -1.51. The van der Waals surface area contributed by atoms with E-state index in [4.69, 9.17) is 18.9 Å². The van der Waals surface area contributed by atoms with Crippen molar-refractivity contribution in [3.05, 3.63) is 0 Å². The number of ketones is 1. The fourth-order valence-corrected chi connectivity index (χ4v) is 4.44. The molecule has 8 heteroatoms. The van der Waals surface area contributed by atoms with Crippen LogP contribution in [-0.2, 0) is 33.3 Å². The van der Waals surface area contributed by atoms with Crippen LogP contribution in [0.1, 0.15) is 78.1 Å². The van der Waals surface area contributed by atoms with Gasteiger partial charge < -0.3 is 24.1 Å². The van der Waals surface area contributed by atoms with Gasteiger partial charge in [-0.3, -0.25) is 14.4 Å². The van der Waals surface area contributed by atoms with Crippen LogP contribution in [0.4, 0.5) is 0 Å². The van der Waals surface area contributed by atoms with Crippen LogP contribution in [0.2, 0.25) is 0 Å². The molecular formula is C24H42O8. The third-order valence-corrected chi connectivity index (χ3v) is 6.66. The highest BCUT2D eigenvalue weighted by atomic mass is 16.5. The van der Waals surface area contributed by atoms with E-state index >= 15 is 0 Å². The molecule has 0 unspecified atom stereocenters. The molecule has 0 aromatic heterocycles. The summed E-state index contributed by atoms with van der Waals surface area (Å²) in [6.07, 6.45) is 6.04. The van der Waals surface area contributed by atoms with E-state index in [2.05, 4.69) is 0 Å². The molecule has 2 fully saturated rings. The highest BCUT2D eigenvalue weighted by Gasteiger charge is 2.43. The first-order chi connectivity index (χ1) is 15.3. The molecule has 2 aliphatic rings. The predicted molar refractivity (Wildman–Crippen MR) is 119 cm³/mol. The van der Waals surface area contributed by atoms with Crippen molar-refractivity contribution in [1.29, 1.82) is 0 Å². The Bertz CT molecular complexity index is 565. The van der Waals surface area contributed by atoms with Crippen molar-refractivity contribution in [2.45, 2.75) is 84.2 Å². The maximum absolute atomic E-state index is 12.0. The number of esters is 2. The lowest BCUT2D eigenvalue weighted by Crippen LogP contribution is -2.39. The van der Waals surface area contributed by atoms with Gasteiger partial charge in [-0.05, 0) is 65.2 Å². The number of aliphatic hydroxyl groups is 1. The van der Waals surface area contributed by atoms with Gasteiger partial charge in [0, 0.05) is 40.3 Å². The van der Waals surface area contributed by atoms with Crippen molar-refractivity contribution in [2.24, 2.45) is 10.8 Å². The zero-order chi connectivity index (χ0) is 24.0. The van der Waals surface area contributed by atoms with E-state index < -0.39 is 10.8 Å². The fraction of sp³-hybridized carbons (Fsp3) is 0.875. The van der Waals surface area contributed by atoms with Crippen molar-refractivity contribution in [3.63, 3.8) is 0 Å². The fourth-order valence-electron chi connectivity index (χ4n) is 4.44. The monoisotopic (exact) mass is 458 g/mol. The van der Waals surface area contributed by atoms with E-state index in [-0.39, 0.29) is 23.8 Å². The minimum absolute atomic E-state index is 0.126. The number of hydrogen-bond donors (Lipinski definition) is 1. The number of rotatable bonds is 10. The van der Waals surface area contributed by atoms with Gasteiger partial charge in [0.05, 0.1) is 30.1 Å². The van der Waals surface area contributed by atoms with E-state index in [0.29, 0.717) is 90.6 Å². The van der Waals surface area contributed by atoms with Crippen LogP contribution in [0.5, 0.6) is 0 Å². The zero-order valence-electron chi connectivity index (χ0n) is 20.3. The molecule has 2 saturated carbocycles. The Labute approximate surface area is 192 Å². The Balaban J connectivity index is 0.000000320. The first kappa shape index (κ1) is 28.5. The quantitative estimate of drug-likeness (QED) is 0.497. The first-order valence-corrected chi connectivity index (χ1v) is 11.8. The van der Waals surface area contributed by atoms with Crippen LogP contribution in [0.15, 0.2) is 0 Å². The van der Waals surface area contributed by atoms with Crippen molar-refractivity contribution >= 4 is 17.7 Å². The molecule has 32 heavy (non-hydrogen) atoms. The lowest BCUT2D eigenvalue weighted by atomic mass is 9.71. The van der Waals surface area contributed by atoms with Gasteiger partial charge in [0.15, 0.2) is 0 Å². The second-order valence-electron chi connectivity index (χ2n) is 8.76. The van der Waals surface area contributed by atoms with Gasteiger partial charge in [-0.25, -0.2) is 0 Å². The Morgan fingerprint density at radius 1 is 0.844 bits per heavy atom. The van der Waals surface area contributed by atoms with Crippen molar-refractivity contribution in [3.8, 4) is 0 Å². The number of carbonyl (C=O) groups is 3. The summed E-state index contributed by atoms with van der Waals surface area (Å²) in [4.78, 5) is 35.1. The molecule has 1 N–H and O–H groups in total. The van der Waals surface area contributed by atoms with E-state index in [0.717, 1.165) is 0 Å². The highest BCUT2D eigenvalue weighted by molar-refractivity contribution is 5.84. The molecule has 0 aromatic rings. The molecular weight excluding hydrogens is 416 g/mol. The Morgan fingerprint density at radius 2 is 1.25 bits per heavy atom. The van der Waals surface area contributed by atoms with Crippen LogP contribution in [0.3, 0.4) is 0 Å². The van der Waals surface area contributed by atoms with Gasteiger partial charge in [0.25, 0.3) is 0 Å². The summed E-state index contributed by atoms with van der Waals surface area (Å²) in [5, 5.41) is 9.50. The van der Waals surface area contributed by atoms with Crippen molar-refractivity contribution < 1.29 is 38.4 Å². The van der Waals surface area contributed by atoms with Crippen molar-refractivity contribution in [2.75, 3.05) is 40.6 Å². The van der Waals surface area contributed by atoms with Crippen LogP contribution in [-0.4, -0.2) is 69.6 Å². The van der Waals surface area contributed by atoms with Gasteiger partial charge in [-0.1, -0.05) is 0 Å². The molecule has 8 nitrogen and oxygen atoms in total. The third kappa shape index (κ3) is 8.45. The largest absolute Gasteiger partial charge is 0.466 e. The highest BCUT2D eigenvalue weighted by Crippen LogP contribution is 2.41. The lowest BCUT2D eigenvalue weighted by Gasteiger charge is -2.36. The molecule has 0 saturated heterocycles. The van der Waals surface area contributed by atoms with E-state index in [9.17, 15) is 19.5 Å². The average molecular weight is 459 g/mol. The van der Waals surface area contributed by atoms with E-state index in [1.165, 1.54) is 0 Å². The maximum Gasteiger partial charge on any atom is 0.312 e. The van der Waals surface area contributed by atoms with Crippen molar-refractivity contribution in [1.82, 2.24) is 0 Å². The summed E-state index contributed by atoms with van der Waals surface area (Å²) >= 11 is 0. The van der Waals surface area contributed by atoms with Crippen LogP contribution in [0, 0.1) is 10.8 Å². The standard InChI is InChI=1S/C12H22O4.C12H20O4/c2*1-3-16-11(14)12(8-9-15-2)6-4-10(13)5-7-12/h10,13H,3-9H2,1-2H3;3-9H2,1-2H3. The Morgan fingerprint density at radius 3 is 1.62 bits per heavy atom. The Kier molecular flexibility index (Phi) is 13.0. The van der Waals surface area contributed by atoms with Gasteiger partial charge in [-0.2, -0.15) is 0 Å². The molecule has 2 rings (SSSR count). The van der Waals surface area contributed by atoms with E-state index in [1.807, 2.05) is 6.92 Å². The smallest absolute Gasteiger partial charge is 0.312 e. The zero-order valence-corrected chi connectivity index (χ0v) is 20.3. The maximum atomic E-state index is 12.0. The topological polar surface area (TPSA) is 108 Å². The average Bonchev–Trinajstić information content (AvgIpc) is 2.79. The number of hydrogen-bond acceptors (Lipinski definition) is 8. The molecule has 0 atom stereocenters. The molecule has 2 aliphatic carbocycles. The lowest BCUT2D eigenvalue weighted by molar-refractivity contribution is -0.161. The first-order valence-electron chi connectivity index (χ1n) is 11.8. The summed E-state index contributed by atoms with van der Waals surface area (Å²) in [6.45, 7) is 5.52. The molecule has 0 amide bonds. The summed E-state index contributed by atoms with van der Waals surface area (Å²) in [5.41, 5.74) is -0.912. The number of Topliss-reactive ketones (excluding diaryl/α,β-unsaturated/α-hetero) is 1. The molecule has 0 radical (unpaired) electrons. The molecule has 0 spiro atoms. The van der Waals surface area contributed by atoms with Gasteiger partial charge in [-0.15, -0.1) is 0 Å². The number of carbonyl (C=O) groups excluding carboxylic acids is 3. The summed E-state index contributed by atoms with van der Waals surface area (Å²) in [5.74, 6) is -0.0455. The van der Waals surface area contributed by atoms with Gasteiger partial charge in [0.1, 0.15) is 5.78 Å². The van der Waals surface area contributed by atoms with Gasteiger partial charge in [0.2, 0.25) is 0 Å². The SMILES string of the molecule is CCOC(=O)C1(CCOC)CCC(=O)CC1.CCOC(=O)C1(CCOC)CCC(O)CC1. The van der Waals surface area contributed by atoms with E-state index in [1.54, 1.807) is 21.1 Å². The van der Waals surface area contributed by atoms with Crippen LogP contribution in [0.25, 0.3) is 0 Å². The normalized spacial score (nSPS) is 24.8. The summed E-state index contributed by atoms with van der Waals surface area (Å²) in [6, 6.07) is 0. The molecule has 0 heterocycles. The molecule has 0 aromatic carbocycles. The van der Waals surface area contributed by atoms with Gasteiger partial charge >= 0.3 is 11.9 Å². The summed E-state index contributed by atoms with van der Waals surface area (Å²) < 4.78 is 20.3. The molecule has 186 valence electrons. The number of ether oxygens (including phenoxy) is 4. The number of aliphatic hydroxyl groups excluding tert-OH is 1. The number of methoxy groups -OCH3 is 2. The minimum Gasteiger partial charge on any atom is -0.466 e. The second-order valence-corrected chi connectivity index (χ2v) is 8.76. The third-order valence-electron chi connectivity index (χ3n) is 6.66. The summed E-state index contributed by atoms with van der Waals surface area (Å²) in [7, 11) is 3.25. The minimum atomic E-state index is -0.486. The molecule has 0 aliphatic heterocycles. The predicted octanol–water partition coefficient (Wildman–Crippen LogP) is 3.22.